The van der Waals surface area contributed by atoms with E-state index in [4.69, 9.17) is 17.3 Å². The molecule has 4 heteroatoms. The third-order valence-corrected chi connectivity index (χ3v) is 3.76. The van der Waals surface area contributed by atoms with Gasteiger partial charge in [0.1, 0.15) is 5.82 Å². The summed E-state index contributed by atoms with van der Waals surface area (Å²) in [4.78, 5) is 4.54. The Balaban J connectivity index is 2.20. The van der Waals surface area contributed by atoms with E-state index >= 15 is 0 Å². The lowest BCUT2D eigenvalue weighted by Crippen LogP contribution is -2.08. The van der Waals surface area contributed by atoms with Gasteiger partial charge in [-0.3, -0.25) is 4.99 Å². The van der Waals surface area contributed by atoms with Crippen LogP contribution in [-0.4, -0.2) is 18.8 Å². The minimum atomic E-state index is -0.311. The average molecular weight is 325 g/mol. The van der Waals surface area contributed by atoms with Crippen LogP contribution in [0.4, 0.5) is 4.39 Å². The van der Waals surface area contributed by atoms with E-state index in [9.17, 15) is 4.39 Å². The van der Waals surface area contributed by atoms with Gasteiger partial charge >= 0.3 is 0 Å². The maximum Gasteiger partial charge on any atom is 0.132 e. The maximum atomic E-state index is 14.2. The van der Waals surface area contributed by atoms with Crippen molar-refractivity contribution >= 4 is 22.9 Å². The van der Waals surface area contributed by atoms with E-state index in [1.807, 2.05) is 12.1 Å². The molecule has 1 heterocycles. The van der Waals surface area contributed by atoms with E-state index in [1.54, 1.807) is 30.3 Å². The predicted molar refractivity (Wildman–Crippen MR) is 93.2 cm³/mol. The van der Waals surface area contributed by atoms with Gasteiger partial charge in [-0.05, 0) is 35.9 Å². The topological polar surface area (TPSA) is 38.4 Å². The molecule has 2 N–H and O–H groups in total. The van der Waals surface area contributed by atoms with Crippen LogP contribution in [0.3, 0.4) is 0 Å². The van der Waals surface area contributed by atoms with Gasteiger partial charge in [-0.1, -0.05) is 41.6 Å². The molecule has 0 spiro atoms. The molecule has 0 amide bonds. The Bertz CT molecular complexity index is 872. The highest BCUT2D eigenvalue weighted by atomic mass is 35.5. The SMILES string of the molecule is NCC#CC1=CCN=C(c2ccccc2F)c2cc(Cl)ccc21. The number of halogens is 2. The van der Waals surface area contributed by atoms with Crippen molar-refractivity contribution in [2.24, 2.45) is 10.7 Å². The van der Waals surface area contributed by atoms with E-state index in [0.29, 0.717) is 22.8 Å². The van der Waals surface area contributed by atoms with E-state index in [-0.39, 0.29) is 12.4 Å². The molecule has 114 valence electrons. The van der Waals surface area contributed by atoms with Crippen LogP contribution in [0.2, 0.25) is 5.02 Å². The molecule has 3 rings (SSSR count). The number of nitrogens with zero attached hydrogens (tertiary/aromatic N) is 1. The third-order valence-electron chi connectivity index (χ3n) is 3.53. The number of benzene rings is 2. The lowest BCUT2D eigenvalue weighted by Gasteiger charge is -2.12. The highest BCUT2D eigenvalue weighted by Gasteiger charge is 2.19. The summed E-state index contributed by atoms with van der Waals surface area (Å²) in [7, 11) is 0. The Hall–Kier alpha value is -2.41. The molecule has 2 aromatic rings. The Morgan fingerprint density at radius 3 is 2.74 bits per heavy atom. The molecule has 0 radical (unpaired) electrons. The number of allylic oxidation sites excluding steroid dienone is 1. The summed E-state index contributed by atoms with van der Waals surface area (Å²) in [6, 6.07) is 12.1. The molecular weight excluding hydrogens is 311 g/mol. The summed E-state index contributed by atoms with van der Waals surface area (Å²) in [5.41, 5.74) is 9.00. The van der Waals surface area contributed by atoms with E-state index in [0.717, 1.165) is 16.7 Å². The molecule has 0 saturated heterocycles. The number of aliphatic imine (C=N–C) groups is 1. The van der Waals surface area contributed by atoms with Gasteiger partial charge in [0.2, 0.25) is 0 Å². The van der Waals surface area contributed by atoms with Crippen LogP contribution in [0.1, 0.15) is 16.7 Å². The molecule has 0 saturated carbocycles. The third kappa shape index (κ3) is 3.19. The molecular formula is C19H14ClFN2. The fourth-order valence-corrected chi connectivity index (χ4v) is 2.69. The smallest absolute Gasteiger partial charge is 0.132 e. The van der Waals surface area contributed by atoms with Gasteiger partial charge in [0.25, 0.3) is 0 Å². The molecule has 0 aliphatic carbocycles. The molecule has 0 atom stereocenters. The number of nitrogens with two attached hydrogens (primary N) is 1. The summed E-state index contributed by atoms with van der Waals surface area (Å²) >= 11 is 6.15. The molecule has 0 aromatic heterocycles. The number of rotatable bonds is 1. The zero-order chi connectivity index (χ0) is 16.2. The minimum absolute atomic E-state index is 0.279. The summed E-state index contributed by atoms with van der Waals surface area (Å²) < 4.78 is 14.2. The minimum Gasteiger partial charge on any atom is -0.320 e. The number of hydrogen-bond donors (Lipinski definition) is 1. The Morgan fingerprint density at radius 2 is 1.96 bits per heavy atom. The van der Waals surface area contributed by atoms with Crippen LogP contribution in [0.5, 0.6) is 0 Å². The average Bonchev–Trinajstić information content (AvgIpc) is 2.72. The maximum absolute atomic E-state index is 14.2. The monoisotopic (exact) mass is 324 g/mol. The molecule has 0 unspecified atom stereocenters. The largest absolute Gasteiger partial charge is 0.320 e. The van der Waals surface area contributed by atoms with Gasteiger partial charge in [-0.15, -0.1) is 0 Å². The Morgan fingerprint density at radius 1 is 1.13 bits per heavy atom. The molecule has 2 aromatic carbocycles. The van der Waals surface area contributed by atoms with Crippen molar-refractivity contribution in [3.05, 3.63) is 76.1 Å². The lowest BCUT2D eigenvalue weighted by molar-refractivity contribution is 0.625. The van der Waals surface area contributed by atoms with Crippen LogP contribution >= 0.6 is 11.6 Å². The summed E-state index contributed by atoms with van der Waals surface area (Å²) in [6.07, 6.45) is 1.92. The van der Waals surface area contributed by atoms with Crippen LogP contribution < -0.4 is 5.73 Å². The molecule has 1 aliphatic rings. The van der Waals surface area contributed by atoms with Gasteiger partial charge in [0, 0.05) is 21.7 Å². The first-order valence-electron chi connectivity index (χ1n) is 7.19. The fourth-order valence-electron chi connectivity index (χ4n) is 2.52. The van der Waals surface area contributed by atoms with Crippen LogP contribution in [-0.2, 0) is 0 Å². The predicted octanol–water partition coefficient (Wildman–Crippen LogP) is 3.68. The zero-order valence-corrected chi connectivity index (χ0v) is 13.1. The molecule has 1 aliphatic heterocycles. The normalized spacial score (nSPS) is 13.2. The van der Waals surface area contributed by atoms with E-state index in [2.05, 4.69) is 16.8 Å². The van der Waals surface area contributed by atoms with Crippen LogP contribution in [0.15, 0.2) is 53.5 Å². The van der Waals surface area contributed by atoms with Crippen LogP contribution in [0, 0.1) is 17.7 Å². The molecule has 0 bridgehead atoms. The molecule has 0 fully saturated rings. The van der Waals surface area contributed by atoms with Gasteiger partial charge in [-0.2, -0.15) is 0 Å². The van der Waals surface area contributed by atoms with Crippen molar-refractivity contribution < 1.29 is 4.39 Å². The van der Waals surface area contributed by atoms with Gasteiger partial charge < -0.3 is 5.73 Å². The van der Waals surface area contributed by atoms with Crippen molar-refractivity contribution in [1.82, 2.24) is 0 Å². The molecule has 2 nitrogen and oxygen atoms in total. The van der Waals surface area contributed by atoms with Crippen molar-refractivity contribution in [3.63, 3.8) is 0 Å². The fraction of sp³-hybridized carbons (Fsp3) is 0.105. The highest BCUT2D eigenvalue weighted by molar-refractivity contribution is 6.31. The van der Waals surface area contributed by atoms with Crippen molar-refractivity contribution in [1.29, 1.82) is 0 Å². The van der Waals surface area contributed by atoms with Gasteiger partial charge in [0.05, 0.1) is 18.8 Å². The number of fused-ring (bicyclic) bond motifs is 1. The first kappa shape index (κ1) is 15.5. The Labute approximate surface area is 139 Å². The summed E-state index contributed by atoms with van der Waals surface area (Å²) in [6.45, 7) is 0.700. The van der Waals surface area contributed by atoms with Gasteiger partial charge in [-0.25, -0.2) is 4.39 Å². The zero-order valence-electron chi connectivity index (χ0n) is 12.3. The standard InChI is InChI=1S/C19H14ClFN2/c20-14-7-8-15-13(4-3-10-22)9-11-23-19(17(15)12-14)16-5-1-2-6-18(16)21/h1-2,5-9,12H,10-11,22H2. The lowest BCUT2D eigenvalue weighted by atomic mass is 9.93. The highest BCUT2D eigenvalue weighted by Crippen LogP contribution is 2.28. The van der Waals surface area contributed by atoms with Crippen molar-refractivity contribution in [2.75, 3.05) is 13.1 Å². The van der Waals surface area contributed by atoms with E-state index in [1.165, 1.54) is 6.07 Å². The number of hydrogen-bond acceptors (Lipinski definition) is 2. The summed E-state index contributed by atoms with van der Waals surface area (Å²) in [5, 5.41) is 0.570. The van der Waals surface area contributed by atoms with Crippen molar-refractivity contribution in [2.45, 2.75) is 0 Å². The first-order valence-corrected chi connectivity index (χ1v) is 7.57. The molecule has 23 heavy (non-hydrogen) atoms. The van der Waals surface area contributed by atoms with E-state index < -0.39 is 0 Å². The first-order chi connectivity index (χ1) is 11.2. The quantitative estimate of drug-likeness (QED) is 0.798. The summed E-state index contributed by atoms with van der Waals surface area (Å²) in [5.74, 6) is 5.61. The second-order valence-electron chi connectivity index (χ2n) is 4.98. The Kier molecular flexibility index (Phi) is 4.57. The second kappa shape index (κ2) is 6.78. The second-order valence-corrected chi connectivity index (χ2v) is 5.42. The van der Waals surface area contributed by atoms with Gasteiger partial charge in [0.15, 0.2) is 0 Å². The van der Waals surface area contributed by atoms with Crippen LogP contribution in [0.25, 0.3) is 5.57 Å². The van der Waals surface area contributed by atoms with Crippen molar-refractivity contribution in [3.8, 4) is 11.8 Å².